The fraction of sp³-hybridized carbons (Fsp3) is 0. The molecule has 0 radical (unpaired) electrons. The molecule has 0 unspecified atom stereocenters. The smallest absolute Gasteiger partial charge is 0.383 e. The molecule has 1 aromatic rings. The number of rotatable bonds is 1. The number of ether oxygens (including phenoxy) is 1. The zero-order chi connectivity index (χ0) is 10.7. The molecule has 0 bridgehead atoms. The number of amides is 1. The quantitative estimate of drug-likeness (QED) is 0.569. The largest absolute Gasteiger partial charge is 0.412 e. The van der Waals surface area contributed by atoms with Crippen molar-refractivity contribution in [2.45, 2.75) is 0 Å². The van der Waals surface area contributed by atoms with Crippen molar-refractivity contribution in [1.29, 1.82) is 0 Å². The Morgan fingerprint density at radius 3 is 2.57 bits per heavy atom. The third-order valence-electron chi connectivity index (χ3n) is 1.28. The number of primary amides is 1. The third-order valence-corrected chi connectivity index (χ3v) is 1.95. The van der Waals surface area contributed by atoms with Crippen molar-refractivity contribution < 1.29 is 14.3 Å². The Morgan fingerprint density at radius 1 is 1.43 bits per heavy atom. The Morgan fingerprint density at radius 2 is 2.07 bits per heavy atom. The number of esters is 1. The SMILES string of the molecule is NC(=O)OC(=O)c1ccc(Br)c(N)n1. The number of nitrogens with two attached hydrogens (primary N) is 2. The highest BCUT2D eigenvalue weighted by Gasteiger charge is 2.12. The van der Waals surface area contributed by atoms with Crippen LogP contribution in [0.5, 0.6) is 0 Å². The van der Waals surface area contributed by atoms with Crippen LogP contribution in [0, 0.1) is 0 Å². The van der Waals surface area contributed by atoms with Crippen molar-refractivity contribution in [1.82, 2.24) is 4.98 Å². The topological polar surface area (TPSA) is 108 Å². The average molecular weight is 260 g/mol. The highest BCUT2D eigenvalue weighted by Crippen LogP contribution is 2.16. The first-order valence-corrected chi connectivity index (χ1v) is 4.23. The van der Waals surface area contributed by atoms with Gasteiger partial charge in [0.25, 0.3) is 0 Å². The number of carbonyl (C=O) groups is 2. The molecule has 0 spiro atoms. The molecular formula is C7H6BrN3O3. The first-order chi connectivity index (χ1) is 6.50. The number of pyridine rings is 1. The van der Waals surface area contributed by atoms with E-state index in [1.807, 2.05) is 0 Å². The average Bonchev–Trinajstić information content (AvgIpc) is 2.08. The molecule has 0 fully saturated rings. The highest BCUT2D eigenvalue weighted by atomic mass is 79.9. The number of aromatic nitrogens is 1. The first-order valence-electron chi connectivity index (χ1n) is 3.44. The van der Waals surface area contributed by atoms with Gasteiger partial charge in [-0.3, -0.25) is 0 Å². The molecule has 0 aliphatic rings. The Labute approximate surface area is 87.4 Å². The van der Waals surface area contributed by atoms with Crippen LogP contribution in [-0.2, 0) is 4.74 Å². The number of anilines is 1. The van der Waals surface area contributed by atoms with Crippen LogP contribution in [0.3, 0.4) is 0 Å². The van der Waals surface area contributed by atoms with E-state index in [4.69, 9.17) is 5.73 Å². The van der Waals surface area contributed by atoms with E-state index in [0.717, 1.165) is 0 Å². The lowest BCUT2D eigenvalue weighted by atomic mass is 10.3. The summed E-state index contributed by atoms with van der Waals surface area (Å²) < 4.78 is 4.65. The van der Waals surface area contributed by atoms with Crippen LogP contribution in [0.4, 0.5) is 10.6 Å². The maximum atomic E-state index is 11.1. The fourth-order valence-corrected chi connectivity index (χ4v) is 0.936. The Hall–Kier alpha value is -1.63. The minimum atomic E-state index is -1.18. The molecule has 1 rings (SSSR count). The summed E-state index contributed by atoms with van der Waals surface area (Å²) in [6, 6.07) is 2.87. The number of nitrogen functional groups attached to an aromatic ring is 1. The summed E-state index contributed by atoms with van der Waals surface area (Å²) in [5.41, 5.74) is 9.98. The van der Waals surface area contributed by atoms with Gasteiger partial charge in [-0.05, 0) is 28.1 Å². The summed E-state index contributed by atoms with van der Waals surface area (Å²) >= 11 is 3.10. The van der Waals surface area contributed by atoms with Crippen molar-refractivity contribution >= 4 is 33.8 Å². The first kappa shape index (κ1) is 10.5. The van der Waals surface area contributed by atoms with Gasteiger partial charge in [-0.25, -0.2) is 14.6 Å². The van der Waals surface area contributed by atoms with Gasteiger partial charge >= 0.3 is 12.1 Å². The third kappa shape index (κ3) is 2.43. The van der Waals surface area contributed by atoms with Crippen molar-refractivity contribution in [3.63, 3.8) is 0 Å². The van der Waals surface area contributed by atoms with Gasteiger partial charge in [-0.15, -0.1) is 0 Å². The van der Waals surface area contributed by atoms with Crippen LogP contribution >= 0.6 is 15.9 Å². The zero-order valence-corrected chi connectivity index (χ0v) is 8.45. The van der Waals surface area contributed by atoms with Crippen molar-refractivity contribution in [3.05, 3.63) is 22.3 Å². The molecule has 0 saturated carbocycles. The van der Waals surface area contributed by atoms with Gasteiger partial charge < -0.3 is 16.2 Å². The summed E-state index contributed by atoms with van der Waals surface area (Å²) in [4.78, 5) is 25.0. The van der Waals surface area contributed by atoms with E-state index < -0.39 is 12.1 Å². The number of halogens is 1. The molecule has 1 amide bonds. The fourth-order valence-electron chi connectivity index (χ4n) is 0.715. The van der Waals surface area contributed by atoms with E-state index in [1.54, 1.807) is 0 Å². The second-order valence-electron chi connectivity index (χ2n) is 2.27. The van der Waals surface area contributed by atoms with Crippen LogP contribution < -0.4 is 11.5 Å². The van der Waals surface area contributed by atoms with Gasteiger partial charge in [-0.1, -0.05) is 0 Å². The van der Waals surface area contributed by atoms with E-state index in [0.29, 0.717) is 4.47 Å². The van der Waals surface area contributed by atoms with Gasteiger partial charge in [-0.2, -0.15) is 0 Å². The summed E-state index contributed by atoms with van der Waals surface area (Å²) in [7, 11) is 0. The van der Waals surface area contributed by atoms with Gasteiger partial charge in [0.2, 0.25) is 0 Å². The minimum Gasteiger partial charge on any atom is -0.383 e. The molecule has 0 saturated heterocycles. The highest BCUT2D eigenvalue weighted by molar-refractivity contribution is 9.10. The summed E-state index contributed by atoms with van der Waals surface area (Å²) in [5.74, 6) is -0.805. The van der Waals surface area contributed by atoms with Crippen LogP contribution in [-0.4, -0.2) is 17.0 Å². The molecule has 6 nitrogen and oxygen atoms in total. The zero-order valence-electron chi connectivity index (χ0n) is 6.86. The van der Waals surface area contributed by atoms with Crippen molar-refractivity contribution in [2.75, 3.05) is 5.73 Å². The molecule has 1 aromatic heterocycles. The molecule has 74 valence electrons. The van der Waals surface area contributed by atoms with E-state index >= 15 is 0 Å². The number of hydrogen-bond donors (Lipinski definition) is 2. The Balaban J connectivity index is 2.91. The van der Waals surface area contributed by atoms with Gasteiger partial charge in [0.05, 0.1) is 4.47 Å². The molecule has 1 heterocycles. The molecule has 14 heavy (non-hydrogen) atoms. The molecule has 0 aromatic carbocycles. The number of hydrogen-bond acceptors (Lipinski definition) is 5. The minimum absolute atomic E-state index is 0.0792. The summed E-state index contributed by atoms with van der Waals surface area (Å²) in [6.07, 6.45) is -1.18. The maximum absolute atomic E-state index is 11.1. The van der Waals surface area contributed by atoms with Crippen molar-refractivity contribution in [3.8, 4) is 0 Å². The standard InChI is InChI=1S/C7H6BrN3O3/c8-3-1-2-4(11-5(3)9)6(12)14-7(10)13/h1-2H,(H2,9,11)(H2,10,13). The van der Waals surface area contributed by atoms with Gasteiger partial charge in [0.15, 0.2) is 5.69 Å². The Bertz CT molecular complexity index is 394. The summed E-state index contributed by atoms with van der Waals surface area (Å²) in [5, 5.41) is 0. The van der Waals surface area contributed by atoms with Crippen LogP contribution in [0.2, 0.25) is 0 Å². The van der Waals surface area contributed by atoms with E-state index in [-0.39, 0.29) is 11.5 Å². The molecule has 0 atom stereocenters. The predicted molar refractivity (Wildman–Crippen MR) is 51.3 cm³/mol. The molecule has 4 N–H and O–H groups in total. The molecular weight excluding hydrogens is 254 g/mol. The monoisotopic (exact) mass is 259 g/mol. The lowest BCUT2D eigenvalue weighted by Crippen LogP contribution is -2.19. The second-order valence-corrected chi connectivity index (χ2v) is 3.13. The van der Waals surface area contributed by atoms with Crippen LogP contribution in [0.15, 0.2) is 16.6 Å². The molecule has 0 aliphatic carbocycles. The lowest BCUT2D eigenvalue weighted by Gasteiger charge is -2.01. The second kappa shape index (κ2) is 4.05. The van der Waals surface area contributed by atoms with E-state index in [9.17, 15) is 9.59 Å². The van der Waals surface area contributed by atoms with Gasteiger partial charge in [0, 0.05) is 0 Å². The van der Waals surface area contributed by atoms with Crippen LogP contribution in [0.25, 0.3) is 0 Å². The maximum Gasteiger partial charge on any atom is 0.412 e. The van der Waals surface area contributed by atoms with E-state index in [2.05, 4.69) is 31.4 Å². The van der Waals surface area contributed by atoms with Crippen molar-refractivity contribution in [2.24, 2.45) is 5.73 Å². The van der Waals surface area contributed by atoms with Gasteiger partial charge in [0.1, 0.15) is 5.82 Å². The number of carbonyl (C=O) groups excluding carboxylic acids is 2. The number of nitrogens with zero attached hydrogens (tertiary/aromatic N) is 1. The lowest BCUT2D eigenvalue weighted by molar-refractivity contribution is 0.0632. The molecule has 0 aliphatic heterocycles. The predicted octanol–water partition coefficient (Wildman–Crippen LogP) is 0.662. The molecule has 7 heteroatoms. The Kier molecular flexibility index (Phi) is 3.03. The van der Waals surface area contributed by atoms with E-state index in [1.165, 1.54) is 12.1 Å². The van der Waals surface area contributed by atoms with Crippen LogP contribution in [0.1, 0.15) is 10.5 Å². The summed E-state index contributed by atoms with van der Waals surface area (Å²) in [6.45, 7) is 0. The normalized spacial score (nSPS) is 9.50.